The summed E-state index contributed by atoms with van der Waals surface area (Å²) in [5.74, 6) is 0.729. The van der Waals surface area contributed by atoms with Crippen LogP contribution >= 0.6 is 0 Å². The molecular formula is C31H24N6. The van der Waals surface area contributed by atoms with Gasteiger partial charge in [0, 0.05) is 35.8 Å². The number of fused-ring (bicyclic) bond motifs is 5. The number of azo groups is 1. The van der Waals surface area contributed by atoms with Gasteiger partial charge in [0.2, 0.25) is 0 Å². The number of para-hydroxylation sites is 1. The molecule has 6 nitrogen and oxygen atoms in total. The number of aliphatic imine (C=N–C) groups is 2. The van der Waals surface area contributed by atoms with Gasteiger partial charge >= 0.3 is 0 Å². The monoisotopic (exact) mass is 480 g/mol. The van der Waals surface area contributed by atoms with E-state index in [1.165, 1.54) is 27.1 Å². The molecule has 0 amide bonds. The Morgan fingerprint density at radius 3 is 2.35 bits per heavy atom. The van der Waals surface area contributed by atoms with Gasteiger partial charge in [-0.2, -0.15) is 5.11 Å². The van der Waals surface area contributed by atoms with Crippen molar-refractivity contribution < 1.29 is 0 Å². The van der Waals surface area contributed by atoms with E-state index in [4.69, 9.17) is 20.2 Å². The number of nitrogens with zero attached hydrogens (tertiary/aromatic N) is 5. The molecule has 3 unspecified atom stereocenters. The lowest BCUT2D eigenvalue weighted by Gasteiger charge is -2.36. The topological polar surface area (TPSA) is 76.3 Å². The van der Waals surface area contributed by atoms with Gasteiger partial charge in [-0.1, -0.05) is 66.7 Å². The van der Waals surface area contributed by atoms with Gasteiger partial charge in [0.25, 0.3) is 0 Å². The summed E-state index contributed by atoms with van der Waals surface area (Å²) in [6, 6.07) is 30.4. The molecule has 178 valence electrons. The van der Waals surface area contributed by atoms with Crippen LogP contribution in [-0.4, -0.2) is 29.1 Å². The van der Waals surface area contributed by atoms with Crippen molar-refractivity contribution in [1.29, 1.82) is 0 Å². The third kappa shape index (κ3) is 3.02. The van der Waals surface area contributed by atoms with E-state index in [0.29, 0.717) is 6.04 Å². The van der Waals surface area contributed by atoms with Gasteiger partial charge in [-0.3, -0.25) is 14.6 Å². The SMILES string of the molecule is CC12N=CC=NC1=C(n1c3ccccc3c3cc4ccccc4cc31)N=NC2c1ccc(C2CN2)cc1. The number of hydrogen-bond acceptors (Lipinski definition) is 5. The highest BCUT2D eigenvalue weighted by Gasteiger charge is 2.45. The summed E-state index contributed by atoms with van der Waals surface area (Å²) in [7, 11) is 0. The first-order valence-corrected chi connectivity index (χ1v) is 12.7. The highest BCUT2D eigenvalue weighted by Crippen LogP contribution is 2.48. The largest absolute Gasteiger partial charge is 0.307 e. The molecule has 0 radical (unpaired) electrons. The van der Waals surface area contributed by atoms with Gasteiger partial charge in [-0.25, -0.2) is 0 Å². The van der Waals surface area contributed by atoms with E-state index < -0.39 is 5.54 Å². The number of rotatable bonds is 3. The second-order valence-electron chi connectivity index (χ2n) is 10.2. The van der Waals surface area contributed by atoms with Crippen LogP contribution in [0.3, 0.4) is 0 Å². The third-order valence-electron chi connectivity index (χ3n) is 7.92. The fraction of sp³-hybridized carbons (Fsp3) is 0.161. The van der Waals surface area contributed by atoms with Crippen LogP contribution in [-0.2, 0) is 0 Å². The van der Waals surface area contributed by atoms with E-state index in [2.05, 4.69) is 102 Å². The molecule has 4 heterocycles. The molecule has 1 aromatic heterocycles. The van der Waals surface area contributed by atoms with E-state index >= 15 is 0 Å². The molecule has 0 spiro atoms. The Labute approximate surface area is 213 Å². The summed E-state index contributed by atoms with van der Waals surface area (Å²) >= 11 is 0. The van der Waals surface area contributed by atoms with Crippen molar-refractivity contribution in [3.8, 4) is 0 Å². The van der Waals surface area contributed by atoms with E-state index in [-0.39, 0.29) is 6.04 Å². The molecule has 1 fully saturated rings. The highest BCUT2D eigenvalue weighted by atomic mass is 15.3. The zero-order chi connectivity index (χ0) is 24.6. The van der Waals surface area contributed by atoms with E-state index in [9.17, 15) is 0 Å². The van der Waals surface area contributed by atoms with Crippen LogP contribution in [0.2, 0.25) is 0 Å². The minimum atomic E-state index is -0.667. The summed E-state index contributed by atoms with van der Waals surface area (Å²) in [5.41, 5.74) is 4.74. The van der Waals surface area contributed by atoms with Crippen molar-refractivity contribution in [2.75, 3.05) is 6.54 Å². The molecule has 3 aliphatic heterocycles. The lowest BCUT2D eigenvalue weighted by molar-refractivity contribution is 0.420. The van der Waals surface area contributed by atoms with Gasteiger partial charge in [0.1, 0.15) is 17.3 Å². The zero-order valence-electron chi connectivity index (χ0n) is 20.3. The zero-order valence-corrected chi connectivity index (χ0v) is 20.3. The van der Waals surface area contributed by atoms with Crippen molar-refractivity contribution in [2.24, 2.45) is 20.2 Å². The quantitative estimate of drug-likeness (QED) is 0.282. The Hall–Kier alpha value is -4.42. The fourth-order valence-corrected chi connectivity index (χ4v) is 5.87. The summed E-state index contributed by atoms with van der Waals surface area (Å²) in [6.07, 6.45) is 3.55. The lowest BCUT2D eigenvalue weighted by Crippen LogP contribution is -2.36. The molecule has 1 saturated heterocycles. The summed E-state index contributed by atoms with van der Waals surface area (Å²) in [4.78, 5) is 9.86. The maximum atomic E-state index is 4.97. The van der Waals surface area contributed by atoms with Crippen LogP contribution in [0, 0.1) is 0 Å². The molecule has 0 saturated carbocycles. The standard InChI is InChI=1S/C31H24N6/c1-31-28(20-12-10-19(11-13-20)25-18-33-25)35-36-30(29(31)32-14-15-34-31)37-26-9-5-4-8-23(26)24-16-21-6-2-3-7-22(21)17-27(24)37/h2-17,25,28,33H,18H2,1H3. The lowest BCUT2D eigenvalue weighted by atomic mass is 9.83. The first-order valence-electron chi connectivity index (χ1n) is 12.7. The van der Waals surface area contributed by atoms with Crippen LogP contribution in [0.5, 0.6) is 0 Å². The molecule has 0 bridgehead atoms. The molecule has 6 heteroatoms. The first-order chi connectivity index (χ1) is 18.2. The summed E-state index contributed by atoms with van der Waals surface area (Å²) < 4.78 is 2.21. The van der Waals surface area contributed by atoms with Crippen LogP contribution in [0.1, 0.15) is 30.1 Å². The molecule has 8 rings (SSSR count). The normalized spacial score (nSPS) is 24.4. The van der Waals surface area contributed by atoms with Crippen molar-refractivity contribution in [1.82, 2.24) is 9.88 Å². The van der Waals surface area contributed by atoms with Gasteiger partial charge in [0.15, 0.2) is 5.82 Å². The molecular weight excluding hydrogens is 456 g/mol. The molecule has 37 heavy (non-hydrogen) atoms. The van der Waals surface area contributed by atoms with Crippen LogP contribution in [0.4, 0.5) is 0 Å². The minimum Gasteiger partial charge on any atom is -0.307 e. The molecule has 3 aliphatic rings. The Balaban J connectivity index is 1.36. The average molecular weight is 481 g/mol. The predicted molar refractivity (Wildman–Crippen MR) is 150 cm³/mol. The van der Waals surface area contributed by atoms with Crippen LogP contribution in [0.15, 0.2) is 111 Å². The van der Waals surface area contributed by atoms with Crippen molar-refractivity contribution in [3.63, 3.8) is 0 Å². The van der Waals surface area contributed by atoms with Gasteiger partial charge in [0.05, 0.1) is 11.0 Å². The third-order valence-corrected chi connectivity index (χ3v) is 7.92. The van der Waals surface area contributed by atoms with Crippen LogP contribution in [0.25, 0.3) is 38.4 Å². The van der Waals surface area contributed by atoms with Crippen molar-refractivity contribution in [3.05, 3.63) is 102 Å². The second-order valence-corrected chi connectivity index (χ2v) is 10.2. The molecule has 5 aromatic rings. The second kappa shape index (κ2) is 7.54. The van der Waals surface area contributed by atoms with Crippen molar-refractivity contribution in [2.45, 2.75) is 24.5 Å². The Bertz CT molecular complexity index is 1850. The van der Waals surface area contributed by atoms with Gasteiger partial charge < -0.3 is 5.32 Å². The smallest absolute Gasteiger partial charge is 0.184 e. The van der Waals surface area contributed by atoms with E-state index in [1.807, 2.05) is 0 Å². The Morgan fingerprint density at radius 1 is 0.811 bits per heavy atom. The number of aromatic nitrogens is 1. The van der Waals surface area contributed by atoms with Crippen LogP contribution < -0.4 is 5.32 Å². The first kappa shape index (κ1) is 20.7. The Kier molecular flexibility index (Phi) is 4.23. The number of nitrogens with one attached hydrogen (secondary N) is 1. The predicted octanol–water partition coefficient (Wildman–Crippen LogP) is 6.84. The Morgan fingerprint density at radius 2 is 1.54 bits per heavy atom. The molecule has 4 aromatic carbocycles. The summed E-state index contributed by atoms with van der Waals surface area (Å²) in [5, 5.41) is 17.9. The highest BCUT2D eigenvalue weighted by molar-refractivity contribution is 6.18. The fourth-order valence-electron chi connectivity index (χ4n) is 5.87. The van der Waals surface area contributed by atoms with E-state index in [0.717, 1.165) is 34.7 Å². The molecule has 1 N–H and O–H groups in total. The molecule has 3 atom stereocenters. The molecule has 0 aliphatic carbocycles. The number of benzene rings is 4. The summed E-state index contributed by atoms with van der Waals surface area (Å²) in [6.45, 7) is 3.17. The number of hydrogen-bond donors (Lipinski definition) is 1. The maximum absolute atomic E-state index is 4.97. The minimum absolute atomic E-state index is 0.255. The van der Waals surface area contributed by atoms with Gasteiger partial charge in [-0.05, 0) is 47.0 Å². The maximum Gasteiger partial charge on any atom is 0.184 e. The van der Waals surface area contributed by atoms with E-state index in [1.54, 1.807) is 12.4 Å². The average Bonchev–Trinajstić information content (AvgIpc) is 3.74. The van der Waals surface area contributed by atoms with Gasteiger partial charge in [-0.15, -0.1) is 5.11 Å². The van der Waals surface area contributed by atoms with Crippen molar-refractivity contribution >= 4 is 50.8 Å².